The van der Waals surface area contributed by atoms with E-state index >= 15 is 0 Å². The van der Waals surface area contributed by atoms with Gasteiger partial charge in [-0.25, -0.2) is 0 Å². The number of nitrogens with zero attached hydrogens (tertiary/aromatic N) is 1. The number of ether oxygens (including phenoxy) is 1. The number of carbonyl (C=O) groups excluding carboxylic acids is 2. The fourth-order valence-corrected chi connectivity index (χ4v) is 7.00. The number of nitrogens with two attached hydrogens (primary N) is 1. The predicted molar refractivity (Wildman–Crippen MR) is 165 cm³/mol. The Bertz CT molecular complexity index is 1530. The van der Waals surface area contributed by atoms with Gasteiger partial charge >= 0.3 is 0 Å². The van der Waals surface area contributed by atoms with E-state index in [-0.39, 0.29) is 18.4 Å². The molecule has 9 heteroatoms. The summed E-state index contributed by atoms with van der Waals surface area (Å²) < 4.78 is 5.69. The van der Waals surface area contributed by atoms with Crippen LogP contribution in [0, 0.1) is 0 Å². The highest BCUT2D eigenvalue weighted by atomic mass is 35.5. The number of benzene rings is 3. The summed E-state index contributed by atoms with van der Waals surface area (Å²) in [6, 6.07) is 24.5. The van der Waals surface area contributed by atoms with Gasteiger partial charge in [-0.15, -0.1) is 11.3 Å². The average molecular weight is 610 g/mol. The molecule has 0 aliphatic carbocycles. The number of likely N-dealkylation sites (tertiary alicyclic amines) is 1. The van der Waals surface area contributed by atoms with Crippen molar-refractivity contribution < 1.29 is 19.4 Å². The van der Waals surface area contributed by atoms with Gasteiger partial charge in [0.15, 0.2) is 0 Å². The number of piperidine rings is 1. The van der Waals surface area contributed by atoms with Crippen LogP contribution in [0.3, 0.4) is 0 Å². The fourth-order valence-electron chi connectivity index (χ4n) is 5.25. The number of amides is 2. The second-order valence-electron chi connectivity index (χ2n) is 10.0. The van der Waals surface area contributed by atoms with Crippen molar-refractivity contribution in [2.75, 3.05) is 26.3 Å². The summed E-state index contributed by atoms with van der Waals surface area (Å²) in [7, 11) is 0. The third-order valence-corrected chi connectivity index (χ3v) is 9.26. The molecule has 0 spiro atoms. The van der Waals surface area contributed by atoms with E-state index in [1.807, 2.05) is 66.7 Å². The van der Waals surface area contributed by atoms with E-state index in [2.05, 4.69) is 0 Å². The van der Waals surface area contributed by atoms with E-state index in [4.69, 9.17) is 38.8 Å². The first kappa shape index (κ1) is 29.1. The number of halogens is 2. The van der Waals surface area contributed by atoms with Gasteiger partial charge in [0, 0.05) is 47.1 Å². The molecule has 2 amide bonds. The van der Waals surface area contributed by atoms with Crippen LogP contribution in [-0.4, -0.2) is 48.1 Å². The fraction of sp³-hybridized carbons (Fsp3) is 0.250. The number of aliphatic hydroxyl groups is 1. The minimum absolute atomic E-state index is 0.0712. The number of hydrogen-bond donors (Lipinski definition) is 2. The van der Waals surface area contributed by atoms with Gasteiger partial charge < -0.3 is 20.5 Å². The molecule has 6 nitrogen and oxygen atoms in total. The molecule has 4 aromatic rings. The van der Waals surface area contributed by atoms with Gasteiger partial charge in [-0.3, -0.25) is 9.59 Å². The molecule has 0 atom stereocenters. The Morgan fingerprint density at radius 3 is 2.29 bits per heavy atom. The summed E-state index contributed by atoms with van der Waals surface area (Å²) in [5.74, 6) is 0.241. The molecule has 1 saturated heterocycles. The molecule has 41 heavy (non-hydrogen) atoms. The standard InChI is InChI=1S/C32H30Cl2N2O4S/c33-23-9-12-25(27(34)19-23)29-26(21-7-10-24(11-8-21)40-18-4-17-37)20-28(41-29)30(38)36-15-13-32(14-16-36,31(35)39)22-5-2-1-3-6-22/h1-3,5-12,19-20,37H,4,13-18H2,(H2,35,39). The van der Waals surface area contributed by atoms with Crippen LogP contribution in [0.2, 0.25) is 10.0 Å². The molecule has 1 aromatic heterocycles. The van der Waals surface area contributed by atoms with Crippen LogP contribution in [0.25, 0.3) is 21.6 Å². The zero-order chi connectivity index (χ0) is 29.0. The first-order chi connectivity index (χ1) is 19.8. The molecule has 2 heterocycles. The monoisotopic (exact) mass is 608 g/mol. The summed E-state index contributed by atoms with van der Waals surface area (Å²) in [6.45, 7) is 1.33. The van der Waals surface area contributed by atoms with Crippen molar-refractivity contribution in [3.05, 3.63) is 99.3 Å². The van der Waals surface area contributed by atoms with Crippen LogP contribution in [0.15, 0.2) is 78.9 Å². The predicted octanol–water partition coefficient (Wildman–Crippen LogP) is 6.81. The van der Waals surface area contributed by atoms with Gasteiger partial charge in [-0.2, -0.15) is 0 Å². The molecule has 0 unspecified atom stereocenters. The number of primary amides is 1. The average Bonchev–Trinajstić information content (AvgIpc) is 3.43. The Morgan fingerprint density at radius 1 is 0.951 bits per heavy atom. The van der Waals surface area contributed by atoms with Crippen LogP contribution in [-0.2, 0) is 10.2 Å². The summed E-state index contributed by atoms with van der Waals surface area (Å²) in [5, 5.41) is 10.0. The minimum atomic E-state index is -0.790. The quantitative estimate of drug-likeness (QED) is 0.204. The van der Waals surface area contributed by atoms with Crippen molar-refractivity contribution in [1.82, 2.24) is 4.90 Å². The highest BCUT2D eigenvalue weighted by molar-refractivity contribution is 7.18. The van der Waals surface area contributed by atoms with Crippen LogP contribution in [0.5, 0.6) is 5.75 Å². The second-order valence-corrected chi connectivity index (χ2v) is 11.9. The van der Waals surface area contributed by atoms with E-state index < -0.39 is 5.41 Å². The van der Waals surface area contributed by atoms with E-state index in [0.717, 1.165) is 27.1 Å². The Morgan fingerprint density at radius 2 is 1.66 bits per heavy atom. The smallest absolute Gasteiger partial charge is 0.263 e. The van der Waals surface area contributed by atoms with E-state index in [0.29, 0.717) is 59.6 Å². The van der Waals surface area contributed by atoms with Gasteiger partial charge in [0.2, 0.25) is 5.91 Å². The lowest BCUT2D eigenvalue weighted by atomic mass is 9.72. The Hall–Kier alpha value is -3.36. The van der Waals surface area contributed by atoms with Gasteiger partial charge in [0.25, 0.3) is 5.91 Å². The molecule has 1 fully saturated rings. The Kier molecular flexibility index (Phi) is 9.00. The van der Waals surface area contributed by atoms with E-state index in [1.54, 1.807) is 17.0 Å². The minimum Gasteiger partial charge on any atom is -0.494 e. The van der Waals surface area contributed by atoms with Crippen LogP contribution in [0.4, 0.5) is 0 Å². The van der Waals surface area contributed by atoms with Gasteiger partial charge in [0.1, 0.15) is 5.75 Å². The maximum Gasteiger partial charge on any atom is 0.263 e. The lowest BCUT2D eigenvalue weighted by Gasteiger charge is -2.40. The Balaban J connectivity index is 1.44. The van der Waals surface area contributed by atoms with Gasteiger partial charge in [-0.1, -0.05) is 71.7 Å². The number of rotatable bonds is 9. The molecule has 3 N–H and O–H groups in total. The SMILES string of the molecule is NC(=O)C1(c2ccccc2)CCN(C(=O)c2cc(-c3ccc(OCCCO)cc3)c(-c3ccc(Cl)cc3Cl)s2)CC1. The molecule has 0 bridgehead atoms. The van der Waals surface area contributed by atoms with Crippen molar-refractivity contribution >= 4 is 46.4 Å². The van der Waals surface area contributed by atoms with Crippen molar-refractivity contribution in [1.29, 1.82) is 0 Å². The van der Waals surface area contributed by atoms with Crippen LogP contribution >= 0.6 is 34.5 Å². The van der Waals surface area contributed by atoms with E-state index in [1.165, 1.54) is 11.3 Å². The van der Waals surface area contributed by atoms with Gasteiger partial charge in [-0.05, 0) is 54.3 Å². The summed E-state index contributed by atoms with van der Waals surface area (Å²) in [4.78, 5) is 29.7. The summed E-state index contributed by atoms with van der Waals surface area (Å²) in [6.07, 6.45) is 1.48. The number of carbonyl (C=O) groups is 2. The number of thiophene rings is 1. The lowest BCUT2D eigenvalue weighted by Crippen LogP contribution is -2.51. The van der Waals surface area contributed by atoms with Crippen molar-refractivity contribution in [3.63, 3.8) is 0 Å². The number of hydrogen-bond acceptors (Lipinski definition) is 5. The molecule has 1 aliphatic rings. The molecule has 212 valence electrons. The topological polar surface area (TPSA) is 92.9 Å². The molecular weight excluding hydrogens is 579 g/mol. The third kappa shape index (κ3) is 6.14. The maximum atomic E-state index is 13.8. The maximum absolute atomic E-state index is 13.8. The first-order valence-corrected chi connectivity index (χ1v) is 15.0. The summed E-state index contributed by atoms with van der Waals surface area (Å²) in [5.41, 5.74) is 8.57. The zero-order valence-electron chi connectivity index (χ0n) is 22.3. The molecule has 5 rings (SSSR count). The molecular formula is C32H30Cl2N2O4S. The van der Waals surface area contributed by atoms with Crippen molar-refractivity contribution in [2.24, 2.45) is 5.73 Å². The van der Waals surface area contributed by atoms with Crippen LogP contribution in [0.1, 0.15) is 34.5 Å². The molecule has 1 aliphatic heterocycles. The highest BCUT2D eigenvalue weighted by Crippen LogP contribution is 2.44. The molecule has 0 radical (unpaired) electrons. The normalized spacial score (nSPS) is 14.6. The lowest BCUT2D eigenvalue weighted by molar-refractivity contribution is -0.125. The highest BCUT2D eigenvalue weighted by Gasteiger charge is 2.42. The molecule has 0 saturated carbocycles. The molecule has 3 aromatic carbocycles. The first-order valence-electron chi connectivity index (χ1n) is 13.4. The van der Waals surface area contributed by atoms with Crippen LogP contribution < -0.4 is 10.5 Å². The number of aliphatic hydroxyl groups excluding tert-OH is 1. The van der Waals surface area contributed by atoms with Crippen molar-refractivity contribution in [2.45, 2.75) is 24.7 Å². The summed E-state index contributed by atoms with van der Waals surface area (Å²) >= 11 is 14.2. The third-order valence-electron chi connectivity index (χ3n) is 7.56. The Labute approximate surface area is 253 Å². The second kappa shape index (κ2) is 12.7. The van der Waals surface area contributed by atoms with Crippen molar-refractivity contribution in [3.8, 4) is 27.3 Å². The zero-order valence-corrected chi connectivity index (χ0v) is 24.6. The van der Waals surface area contributed by atoms with E-state index in [9.17, 15) is 9.59 Å². The van der Waals surface area contributed by atoms with Gasteiger partial charge in [0.05, 0.1) is 21.9 Å². The largest absolute Gasteiger partial charge is 0.494 e.